The van der Waals surface area contributed by atoms with Gasteiger partial charge in [0.1, 0.15) is 6.54 Å². The van der Waals surface area contributed by atoms with E-state index in [2.05, 4.69) is 12.2 Å². The van der Waals surface area contributed by atoms with Gasteiger partial charge in [0.15, 0.2) is 0 Å². The highest BCUT2D eigenvalue weighted by atomic mass is 32.2. The van der Waals surface area contributed by atoms with Crippen molar-refractivity contribution < 1.29 is 13.2 Å². The lowest BCUT2D eigenvalue weighted by Crippen LogP contribution is -2.36. The number of sulfonamides is 1. The smallest absolute Gasteiger partial charge is 0.251 e. The maximum absolute atomic E-state index is 12.6. The molecule has 7 nitrogen and oxygen atoms in total. The van der Waals surface area contributed by atoms with E-state index in [9.17, 15) is 18.0 Å². The molecule has 0 radical (unpaired) electrons. The molecule has 0 aliphatic rings. The molecule has 158 valence electrons. The fourth-order valence-corrected chi connectivity index (χ4v) is 3.89. The predicted molar refractivity (Wildman–Crippen MR) is 113 cm³/mol. The predicted octanol–water partition coefficient (Wildman–Crippen LogP) is 2.17. The normalized spacial score (nSPS) is 12.9. The number of rotatable bonds is 8. The molecule has 0 unspecified atom stereocenters. The van der Waals surface area contributed by atoms with Gasteiger partial charge in [-0.25, -0.2) is 12.7 Å². The molecule has 0 saturated heterocycles. The van der Waals surface area contributed by atoms with E-state index >= 15 is 0 Å². The Hall–Kier alpha value is -2.45. The number of carbonyl (C=O) groups is 1. The lowest BCUT2D eigenvalue weighted by molar-refractivity contribution is -0.122. The van der Waals surface area contributed by atoms with E-state index < -0.39 is 15.6 Å². The second-order valence-electron chi connectivity index (χ2n) is 7.50. The molecule has 1 aromatic carbocycles. The Morgan fingerprint density at radius 1 is 1.10 bits per heavy atom. The van der Waals surface area contributed by atoms with Crippen LogP contribution in [0.15, 0.2) is 52.3 Å². The lowest BCUT2D eigenvalue weighted by atomic mass is 9.95. The third-order valence-corrected chi connectivity index (χ3v) is 6.58. The summed E-state index contributed by atoms with van der Waals surface area (Å²) in [6.45, 7) is 5.84. The van der Waals surface area contributed by atoms with Crippen LogP contribution in [0.1, 0.15) is 37.9 Å². The van der Waals surface area contributed by atoms with Gasteiger partial charge >= 0.3 is 0 Å². The number of aryl methyl sites for hydroxylation is 1. The van der Waals surface area contributed by atoms with Crippen molar-refractivity contribution in [1.29, 1.82) is 0 Å². The van der Waals surface area contributed by atoms with Crippen molar-refractivity contribution in [3.8, 4) is 0 Å². The first kappa shape index (κ1) is 22.8. The molecule has 0 saturated carbocycles. The summed E-state index contributed by atoms with van der Waals surface area (Å²) in [5.41, 5.74) is 1.76. The number of nitrogens with zero attached hydrogens (tertiary/aromatic N) is 2. The largest absolute Gasteiger partial charge is 0.347 e. The summed E-state index contributed by atoms with van der Waals surface area (Å²) < 4.78 is 26.8. The van der Waals surface area contributed by atoms with E-state index in [1.54, 1.807) is 0 Å². The van der Waals surface area contributed by atoms with Gasteiger partial charge in [0, 0.05) is 26.4 Å². The second kappa shape index (κ2) is 9.37. The third-order valence-electron chi connectivity index (χ3n) is 4.78. The Labute approximate surface area is 172 Å². The lowest BCUT2D eigenvalue weighted by Gasteiger charge is -2.23. The molecule has 0 aliphatic heterocycles. The molecule has 0 fully saturated rings. The Bertz CT molecular complexity index is 1010. The Morgan fingerprint density at radius 3 is 2.24 bits per heavy atom. The minimum atomic E-state index is -3.70. The first-order valence-corrected chi connectivity index (χ1v) is 11.0. The first-order chi connectivity index (χ1) is 13.6. The molecule has 1 amide bonds. The van der Waals surface area contributed by atoms with Crippen molar-refractivity contribution in [1.82, 2.24) is 14.2 Å². The molecule has 1 atom stereocenters. The van der Waals surface area contributed by atoms with Gasteiger partial charge in [-0.3, -0.25) is 9.59 Å². The van der Waals surface area contributed by atoms with Gasteiger partial charge < -0.3 is 9.88 Å². The van der Waals surface area contributed by atoms with Crippen molar-refractivity contribution in [2.75, 3.05) is 14.1 Å². The molecule has 1 N–H and O–H groups in total. The average Bonchev–Trinajstić information content (AvgIpc) is 2.67. The van der Waals surface area contributed by atoms with Crippen molar-refractivity contribution in [3.05, 3.63) is 64.1 Å². The quantitative estimate of drug-likeness (QED) is 0.710. The van der Waals surface area contributed by atoms with Gasteiger partial charge in [0.05, 0.1) is 10.9 Å². The molecule has 0 bridgehead atoms. The van der Waals surface area contributed by atoms with Crippen molar-refractivity contribution in [3.63, 3.8) is 0 Å². The third kappa shape index (κ3) is 5.55. The number of carbonyl (C=O) groups excluding carboxylic acids is 1. The highest BCUT2D eigenvalue weighted by Crippen LogP contribution is 2.22. The number of benzene rings is 1. The number of aromatic nitrogens is 1. The van der Waals surface area contributed by atoms with E-state index in [0.29, 0.717) is 0 Å². The summed E-state index contributed by atoms with van der Waals surface area (Å²) in [7, 11) is -0.874. The maximum Gasteiger partial charge on any atom is 0.251 e. The topological polar surface area (TPSA) is 88.5 Å². The molecule has 1 aromatic heterocycles. The molecule has 2 aromatic rings. The fourth-order valence-electron chi connectivity index (χ4n) is 2.97. The number of pyridine rings is 1. The van der Waals surface area contributed by atoms with Crippen LogP contribution in [-0.4, -0.2) is 37.3 Å². The molecular formula is C21H29N3O4S. The monoisotopic (exact) mass is 419 g/mol. The van der Waals surface area contributed by atoms with Crippen molar-refractivity contribution in [2.45, 2.75) is 44.7 Å². The minimum absolute atomic E-state index is 0.0366. The molecule has 0 aliphatic carbocycles. The standard InChI is InChI=1S/C21H29N3O4S/c1-6-16-7-9-17(10-8-16)21(15(2)3)22-19(25)14-24-13-18(11-12-20(24)26)29(27,28)23(4)5/h7-13,15,21H,6,14H2,1-5H3,(H,22,25)/t21-/m0/s1. The SMILES string of the molecule is CCc1ccc([C@@H](NC(=O)Cn2cc(S(=O)(=O)N(C)C)ccc2=O)C(C)C)cc1. The van der Waals surface area contributed by atoms with E-state index in [1.165, 1.54) is 31.9 Å². The first-order valence-electron chi connectivity index (χ1n) is 9.57. The summed E-state index contributed by atoms with van der Waals surface area (Å²) in [5, 5.41) is 2.97. The summed E-state index contributed by atoms with van der Waals surface area (Å²) in [6, 6.07) is 10.3. The highest BCUT2D eigenvalue weighted by Gasteiger charge is 2.21. The van der Waals surface area contributed by atoms with E-state index in [0.717, 1.165) is 26.9 Å². The van der Waals surface area contributed by atoms with Crippen LogP contribution >= 0.6 is 0 Å². The summed E-state index contributed by atoms with van der Waals surface area (Å²) in [6.07, 6.45) is 2.14. The van der Waals surface area contributed by atoms with Crippen LogP contribution in [0.3, 0.4) is 0 Å². The molecular weight excluding hydrogens is 390 g/mol. The molecule has 2 rings (SSSR count). The number of nitrogens with one attached hydrogen (secondary N) is 1. The van der Waals surface area contributed by atoms with Crippen molar-refractivity contribution >= 4 is 15.9 Å². The number of hydrogen-bond acceptors (Lipinski definition) is 4. The van der Waals surface area contributed by atoms with Crippen molar-refractivity contribution in [2.24, 2.45) is 5.92 Å². The van der Waals surface area contributed by atoms with E-state index in [4.69, 9.17) is 0 Å². The minimum Gasteiger partial charge on any atom is -0.347 e. The zero-order chi connectivity index (χ0) is 21.8. The van der Waals surface area contributed by atoms with Crippen LogP contribution in [-0.2, 0) is 27.8 Å². The second-order valence-corrected chi connectivity index (χ2v) is 9.65. The molecule has 8 heteroatoms. The van der Waals surface area contributed by atoms with E-state index in [-0.39, 0.29) is 29.3 Å². The Balaban J connectivity index is 2.23. The van der Waals surface area contributed by atoms with Gasteiger partial charge in [0.25, 0.3) is 5.56 Å². The van der Waals surface area contributed by atoms with Crippen LogP contribution in [0.2, 0.25) is 0 Å². The maximum atomic E-state index is 12.6. The molecule has 1 heterocycles. The number of hydrogen-bond donors (Lipinski definition) is 1. The zero-order valence-electron chi connectivity index (χ0n) is 17.5. The van der Waals surface area contributed by atoms with Gasteiger partial charge in [0.2, 0.25) is 15.9 Å². The number of amides is 1. The van der Waals surface area contributed by atoms with Crippen LogP contribution in [0.5, 0.6) is 0 Å². The zero-order valence-corrected chi connectivity index (χ0v) is 18.4. The van der Waals surface area contributed by atoms with Gasteiger partial charge in [-0.05, 0) is 29.5 Å². The van der Waals surface area contributed by atoms with Gasteiger partial charge in [-0.15, -0.1) is 0 Å². The van der Waals surface area contributed by atoms with Crippen LogP contribution in [0, 0.1) is 5.92 Å². The van der Waals surface area contributed by atoms with Gasteiger partial charge in [-0.2, -0.15) is 0 Å². The highest BCUT2D eigenvalue weighted by molar-refractivity contribution is 7.89. The average molecular weight is 420 g/mol. The fraction of sp³-hybridized carbons (Fsp3) is 0.429. The summed E-state index contributed by atoms with van der Waals surface area (Å²) >= 11 is 0. The molecule has 0 spiro atoms. The van der Waals surface area contributed by atoms with Crippen LogP contribution < -0.4 is 10.9 Å². The Morgan fingerprint density at radius 2 is 1.72 bits per heavy atom. The van der Waals surface area contributed by atoms with Crippen LogP contribution in [0.25, 0.3) is 0 Å². The summed E-state index contributed by atoms with van der Waals surface area (Å²) in [5.74, 6) is -0.214. The summed E-state index contributed by atoms with van der Waals surface area (Å²) in [4.78, 5) is 24.7. The van der Waals surface area contributed by atoms with Gasteiger partial charge in [-0.1, -0.05) is 45.0 Å². The Kier molecular flexibility index (Phi) is 7.37. The molecule has 29 heavy (non-hydrogen) atoms. The van der Waals surface area contributed by atoms with E-state index in [1.807, 2.05) is 38.1 Å². The van der Waals surface area contributed by atoms with Crippen LogP contribution in [0.4, 0.5) is 0 Å².